The Morgan fingerprint density at radius 3 is 2.94 bits per heavy atom. The first-order chi connectivity index (χ1) is 7.77. The maximum absolute atomic E-state index is 11.5. The van der Waals surface area contributed by atoms with Crippen molar-refractivity contribution in [1.82, 2.24) is 10.3 Å². The van der Waals surface area contributed by atoms with Crippen molar-refractivity contribution in [3.63, 3.8) is 0 Å². The summed E-state index contributed by atoms with van der Waals surface area (Å²) < 4.78 is 0. The van der Waals surface area contributed by atoms with Crippen molar-refractivity contribution in [2.75, 3.05) is 6.54 Å². The van der Waals surface area contributed by atoms with Gasteiger partial charge in [-0.3, -0.25) is 4.79 Å². The highest BCUT2D eigenvalue weighted by Gasteiger charge is 2.05. The summed E-state index contributed by atoms with van der Waals surface area (Å²) in [5.74, 6) is 5.34. The molecule has 4 heteroatoms. The number of rotatable bonds is 3. The van der Waals surface area contributed by atoms with E-state index in [1.807, 2.05) is 6.07 Å². The van der Waals surface area contributed by atoms with Crippen molar-refractivity contribution in [2.45, 2.75) is 13.3 Å². The molecule has 1 aromatic rings. The van der Waals surface area contributed by atoms with Crippen LogP contribution < -0.4 is 5.32 Å². The zero-order valence-electron chi connectivity index (χ0n) is 8.95. The topological polar surface area (TPSA) is 65.8 Å². The average molecular weight is 213 g/mol. The number of hydrogen-bond donors (Lipinski definition) is 1. The molecule has 1 rings (SSSR count). The van der Waals surface area contributed by atoms with Gasteiger partial charge in [-0.15, -0.1) is 11.8 Å². The lowest BCUT2D eigenvalue weighted by molar-refractivity contribution is 0.0949. The molecule has 0 aromatic carbocycles. The van der Waals surface area contributed by atoms with Gasteiger partial charge in [0.2, 0.25) is 0 Å². The van der Waals surface area contributed by atoms with Gasteiger partial charge >= 0.3 is 0 Å². The third kappa shape index (κ3) is 3.43. The molecular formula is C12H11N3O. The van der Waals surface area contributed by atoms with Gasteiger partial charge in [0.25, 0.3) is 5.91 Å². The van der Waals surface area contributed by atoms with Gasteiger partial charge in [-0.05, 0) is 19.1 Å². The van der Waals surface area contributed by atoms with E-state index in [2.05, 4.69) is 22.1 Å². The fourth-order valence-corrected chi connectivity index (χ4v) is 1.05. The lowest BCUT2D eigenvalue weighted by Crippen LogP contribution is -2.25. The van der Waals surface area contributed by atoms with Crippen molar-refractivity contribution in [3.8, 4) is 17.9 Å². The van der Waals surface area contributed by atoms with Crippen LogP contribution in [0.5, 0.6) is 0 Å². The van der Waals surface area contributed by atoms with Crippen molar-refractivity contribution in [1.29, 1.82) is 5.26 Å². The fraction of sp³-hybridized carbons (Fsp3) is 0.250. The summed E-state index contributed by atoms with van der Waals surface area (Å²) in [5.41, 5.74) is 0.747. The van der Waals surface area contributed by atoms with E-state index in [0.29, 0.717) is 24.2 Å². The van der Waals surface area contributed by atoms with Crippen molar-refractivity contribution in [2.24, 2.45) is 0 Å². The molecule has 0 saturated heterocycles. The zero-order valence-corrected chi connectivity index (χ0v) is 8.95. The maximum atomic E-state index is 11.5. The Kier molecular flexibility index (Phi) is 4.56. The van der Waals surface area contributed by atoms with E-state index in [-0.39, 0.29) is 5.91 Å². The largest absolute Gasteiger partial charge is 0.350 e. The number of pyridine rings is 1. The Hall–Kier alpha value is -2.33. The van der Waals surface area contributed by atoms with E-state index in [9.17, 15) is 4.79 Å². The normalized spacial score (nSPS) is 8.50. The summed E-state index contributed by atoms with van der Waals surface area (Å²) in [6.07, 6.45) is 2.00. The van der Waals surface area contributed by atoms with Crippen molar-refractivity contribution < 1.29 is 4.79 Å². The number of nitriles is 1. The molecule has 1 amide bonds. The zero-order chi connectivity index (χ0) is 11.8. The number of hydrogen-bond acceptors (Lipinski definition) is 3. The van der Waals surface area contributed by atoms with Crippen LogP contribution in [0.1, 0.15) is 29.4 Å². The number of amides is 1. The fourth-order valence-electron chi connectivity index (χ4n) is 1.05. The van der Waals surface area contributed by atoms with Crippen LogP contribution in [0.25, 0.3) is 0 Å². The third-order valence-corrected chi connectivity index (χ3v) is 1.84. The molecular weight excluding hydrogens is 202 g/mol. The van der Waals surface area contributed by atoms with Gasteiger partial charge in [0, 0.05) is 19.2 Å². The molecule has 4 nitrogen and oxygen atoms in total. The smallest absolute Gasteiger partial charge is 0.269 e. The molecule has 1 aromatic heterocycles. The van der Waals surface area contributed by atoms with E-state index >= 15 is 0 Å². The van der Waals surface area contributed by atoms with Gasteiger partial charge in [-0.2, -0.15) is 5.26 Å². The summed E-state index contributed by atoms with van der Waals surface area (Å²) >= 11 is 0. The first-order valence-electron chi connectivity index (χ1n) is 4.82. The van der Waals surface area contributed by atoms with E-state index in [0.717, 1.165) is 0 Å². The molecule has 0 aliphatic rings. The van der Waals surface area contributed by atoms with Gasteiger partial charge in [-0.1, -0.05) is 0 Å². The first kappa shape index (κ1) is 11.7. The number of nitrogens with one attached hydrogen (secondary N) is 1. The molecule has 0 radical (unpaired) electrons. The molecule has 0 aliphatic heterocycles. The van der Waals surface area contributed by atoms with Crippen molar-refractivity contribution >= 4 is 5.91 Å². The second kappa shape index (κ2) is 6.21. The maximum Gasteiger partial charge on any atom is 0.269 e. The second-order valence-corrected chi connectivity index (χ2v) is 2.98. The Morgan fingerprint density at radius 2 is 2.38 bits per heavy atom. The van der Waals surface area contributed by atoms with Gasteiger partial charge < -0.3 is 5.32 Å². The van der Waals surface area contributed by atoms with E-state index < -0.39 is 0 Å². The minimum absolute atomic E-state index is 0.248. The summed E-state index contributed by atoms with van der Waals surface area (Å²) in [5, 5.41) is 11.2. The summed E-state index contributed by atoms with van der Waals surface area (Å²) in [4.78, 5) is 15.4. The Morgan fingerprint density at radius 1 is 1.56 bits per heavy atom. The molecule has 0 fully saturated rings. The Balaban J connectivity index is 2.52. The van der Waals surface area contributed by atoms with Crippen LogP contribution in [0.3, 0.4) is 0 Å². The second-order valence-electron chi connectivity index (χ2n) is 2.98. The predicted molar refractivity (Wildman–Crippen MR) is 59.4 cm³/mol. The molecule has 0 saturated carbocycles. The van der Waals surface area contributed by atoms with Crippen LogP contribution in [-0.2, 0) is 0 Å². The van der Waals surface area contributed by atoms with Crippen LogP contribution in [0, 0.1) is 23.2 Å². The van der Waals surface area contributed by atoms with Crippen LogP contribution in [0.15, 0.2) is 18.3 Å². The summed E-state index contributed by atoms with van der Waals surface area (Å²) in [6.45, 7) is 2.26. The standard InChI is InChI=1S/C12H11N3O/c1-2-3-4-7-14-12(16)11-6-5-10(8-13)9-15-11/h5-6,9H,4,7H2,1H3,(H,14,16). The van der Waals surface area contributed by atoms with Crippen LogP contribution in [0.2, 0.25) is 0 Å². The van der Waals surface area contributed by atoms with E-state index in [4.69, 9.17) is 5.26 Å². The molecule has 0 unspecified atom stereocenters. The summed E-state index contributed by atoms with van der Waals surface area (Å²) in [6, 6.07) is 5.03. The van der Waals surface area contributed by atoms with E-state index in [1.165, 1.54) is 12.3 Å². The Labute approximate surface area is 94.3 Å². The van der Waals surface area contributed by atoms with Gasteiger partial charge in [-0.25, -0.2) is 4.98 Å². The number of aromatic nitrogens is 1. The van der Waals surface area contributed by atoms with Gasteiger partial charge in [0.1, 0.15) is 11.8 Å². The minimum Gasteiger partial charge on any atom is -0.350 e. The Bertz CT molecular complexity index is 460. The SMILES string of the molecule is CC#CCCNC(=O)c1ccc(C#N)cn1. The lowest BCUT2D eigenvalue weighted by atomic mass is 10.2. The van der Waals surface area contributed by atoms with E-state index in [1.54, 1.807) is 13.0 Å². The highest BCUT2D eigenvalue weighted by molar-refractivity contribution is 5.92. The van der Waals surface area contributed by atoms with Crippen LogP contribution in [-0.4, -0.2) is 17.4 Å². The quantitative estimate of drug-likeness (QED) is 0.604. The monoisotopic (exact) mass is 213 g/mol. The molecule has 0 atom stereocenters. The number of carbonyl (C=O) groups is 1. The summed E-state index contributed by atoms with van der Waals surface area (Å²) in [7, 11) is 0. The van der Waals surface area contributed by atoms with Gasteiger partial charge in [0.15, 0.2) is 0 Å². The molecule has 1 N–H and O–H groups in total. The molecule has 1 heterocycles. The van der Waals surface area contributed by atoms with Crippen molar-refractivity contribution in [3.05, 3.63) is 29.6 Å². The van der Waals surface area contributed by atoms with Crippen LogP contribution in [0.4, 0.5) is 0 Å². The average Bonchev–Trinajstić information content (AvgIpc) is 2.34. The van der Waals surface area contributed by atoms with Crippen LogP contribution >= 0.6 is 0 Å². The minimum atomic E-state index is -0.248. The third-order valence-electron chi connectivity index (χ3n) is 1.84. The molecule has 0 spiro atoms. The highest BCUT2D eigenvalue weighted by atomic mass is 16.1. The molecule has 0 bridgehead atoms. The predicted octanol–water partition coefficient (Wildman–Crippen LogP) is 1.10. The molecule has 16 heavy (non-hydrogen) atoms. The molecule has 80 valence electrons. The number of carbonyl (C=O) groups excluding carboxylic acids is 1. The highest BCUT2D eigenvalue weighted by Crippen LogP contribution is 1.98. The van der Waals surface area contributed by atoms with Gasteiger partial charge in [0.05, 0.1) is 5.56 Å². The number of nitrogens with zero attached hydrogens (tertiary/aromatic N) is 2. The first-order valence-corrected chi connectivity index (χ1v) is 4.82. The molecule has 0 aliphatic carbocycles. The lowest BCUT2D eigenvalue weighted by Gasteiger charge is -2.01.